The Bertz CT molecular complexity index is 1530. The maximum atomic E-state index is 13.7. The van der Waals surface area contributed by atoms with Crippen molar-refractivity contribution in [1.29, 1.82) is 0 Å². The predicted molar refractivity (Wildman–Crippen MR) is 140 cm³/mol. The minimum absolute atomic E-state index is 0.0451. The van der Waals surface area contributed by atoms with Gasteiger partial charge in [0.25, 0.3) is 5.91 Å². The average molecular weight is 625 g/mol. The molecule has 2 fully saturated rings. The second-order valence-corrected chi connectivity index (χ2v) is 15.0. The molecule has 2 aromatic carbocycles. The maximum absolute atomic E-state index is 13.7. The van der Waals surface area contributed by atoms with Crippen molar-refractivity contribution >= 4 is 43.1 Å². The van der Waals surface area contributed by atoms with E-state index in [9.17, 15) is 45.0 Å². The summed E-state index contributed by atoms with van der Waals surface area (Å²) in [5.74, 6) is -7.18. The van der Waals surface area contributed by atoms with Crippen LogP contribution in [0.25, 0.3) is 0 Å². The molecule has 0 spiro atoms. The lowest BCUT2D eigenvalue weighted by Gasteiger charge is -2.45. The molecular formula is C25H28ClF3N2O7S2. The number of carbonyl (C=O) groups excluding carboxylic acids is 1. The first-order valence-electron chi connectivity index (χ1n) is 12.3. The van der Waals surface area contributed by atoms with Gasteiger partial charge in [-0.2, -0.15) is 0 Å². The van der Waals surface area contributed by atoms with Crippen LogP contribution in [0.4, 0.5) is 18.9 Å². The number of carbonyl (C=O) groups is 1. The molecule has 0 aromatic heterocycles. The number of anilines is 1. The molecule has 2 saturated carbocycles. The minimum Gasteiger partial charge on any atom is -0.389 e. The van der Waals surface area contributed by atoms with E-state index in [1.54, 1.807) is 0 Å². The number of hydrogen-bond donors (Lipinski definition) is 4. The van der Waals surface area contributed by atoms with E-state index in [2.05, 4.69) is 10.0 Å². The first-order valence-corrected chi connectivity index (χ1v) is 16.1. The summed E-state index contributed by atoms with van der Waals surface area (Å²) in [5.41, 5.74) is -2.30. The van der Waals surface area contributed by atoms with Gasteiger partial charge >= 0.3 is 0 Å². The number of benzene rings is 2. The van der Waals surface area contributed by atoms with E-state index in [4.69, 9.17) is 11.6 Å². The Labute approximate surface area is 234 Å². The molecule has 9 nitrogen and oxygen atoms in total. The Kier molecular flexibility index (Phi) is 8.35. The summed E-state index contributed by atoms with van der Waals surface area (Å²) in [4.78, 5) is 12.4. The highest BCUT2D eigenvalue weighted by Crippen LogP contribution is 2.56. The van der Waals surface area contributed by atoms with Crippen LogP contribution in [0.15, 0.2) is 35.2 Å². The second-order valence-electron chi connectivity index (χ2n) is 10.5. The second kappa shape index (κ2) is 10.9. The highest BCUT2D eigenvalue weighted by Gasteiger charge is 2.61. The summed E-state index contributed by atoms with van der Waals surface area (Å²) in [6, 6.07) is 4.57. The van der Waals surface area contributed by atoms with Gasteiger partial charge in [0, 0.05) is 29.9 Å². The standard InChI is InChI=1S/C25H28ClF3N2O7S2/c1-12-5-14-7-16(10-17(12)25(14,34)22(32)11-30-39(2,35)36)40(37,38)21-6-13(3-4-18(21)26)24(33)31-15-8-19(27)23(29)20(28)9-15/h3-4,6,8-9,12,14,16-17,22,30,32,34H,5,7,10-11H2,1-2H3,(H,31,33)/t12-,14?,16+,17+,22?,25+/m0/s1. The van der Waals surface area contributed by atoms with Crippen LogP contribution < -0.4 is 10.0 Å². The highest BCUT2D eigenvalue weighted by molar-refractivity contribution is 7.92. The number of nitrogens with one attached hydrogen (secondary N) is 2. The van der Waals surface area contributed by atoms with Crippen LogP contribution >= 0.6 is 11.6 Å². The monoisotopic (exact) mass is 624 g/mol. The number of aliphatic hydroxyl groups is 2. The van der Waals surface area contributed by atoms with Gasteiger partial charge in [-0.3, -0.25) is 4.79 Å². The van der Waals surface area contributed by atoms with Crippen LogP contribution in [0, 0.1) is 35.2 Å². The molecule has 0 heterocycles. The van der Waals surface area contributed by atoms with Gasteiger partial charge in [-0.05, 0) is 55.2 Å². The van der Waals surface area contributed by atoms with Crippen molar-refractivity contribution in [2.75, 3.05) is 18.1 Å². The molecule has 6 atom stereocenters. The SMILES string of the molecule is C[C@H]1CC2C[C@@H](S(=O)(=O)c3cc(C(=O)Nc4cc(F)c(F)c(F)c4)ccc3Cl)C[C@H]1[C@@]2(O)C(O)CNS(C)(=O)=O. The Morgan fingerprint density at radius 2 is 1.73 bits per heavy atom. The fraction of sp³-hybridized carbons (Fsp3) is 0.480. The van der Waals surface area contributed by atoms with Crippen LogP contribution in [-0.4, -0.2) is 62.7 Å². The summed E-state index contributed by atoms with van der Waals surface area (Å²) < 4.78 is 92.9. The number of sulfone groups is 1. The molecule has 0 radical (unpaired) electrons. The van der Waals surface area contributed by atoms with E-state index < -0.39 is 78.6 Å². The zero-order valence-corrected chi connectivity index (χ0v) is 23.8. The Hall–Kier alpha value is -2.23. The molecule has 40 heavy (non-hydrogen) atoms. The first-order chi connectivity index (χ1) is 18.4. The van der Waals surface area contributed by atoms with Gasteiger partial charge < -0.3 is 15.5 Å². The van der Waals surface area contributed by atoms with E-state index in [0.29, 0.717) is 18.6 Å². The number of sulfonamides is 1. The number of halogens is 4. The van der Waals surface area contributed by atoms with E-state index in [1.807, 2.05) is 6.92 Å². The van der Waals surface area contributed by atoms with Gasteiger partial charge in [-0.15, -0.1) is 0 Å². The van der Waals surface area contributed by atoms with Crippen molar-refractivity contribution in [1.82, 2.24) is 4.72 Å². The van der Waals surface area contributed by atoms with Gasteiger partial charge in [-0.25, -0.2) is 34.7 Å². The van der Waals surface area contributed by atoms with Crippen LogP contribution in [0.1, 0.15) is 36.5 Å². The molecule has 0 saturated heterocycles. The molecule has 15 heteroatoms. The van der Waals surface area contributed by atoms with Crippen LogP contribution in [0.5, 0.6) is 0 Å². The summed E-state index contributed by atoms with van der Waals surface area (Å²) >= 11 is 6.23. The molecule has 4 rings (SSSR count). The van der Waals surface area contributed by atoms with Crippen LogP contribution in [-0.2, 0) is 19.9 Å². The summed E-state index contributed by atoms with van der Waals surface area (Å²) in [6.07, 6.45) is -0.241. The number of amides is 1. The molecule has 2 aliphatic rings. The number of fused-ring (bicyclic) bond motifs is 2. The summed E-state index contributed by atoms with van der Waals surface area (Å²) in [7, 11) is -7.83. The lowest BCUT2D eigenvalue weighted by Crippen LogP contribution is -2.59. The molecular weight excluding hydrogens is 597 g/mol. The molecule has 220 valence electrons. The maximum Gasteiger partial charge on any atom is 0.255 e. The van der Waals surface area contributed by atoms with Crippen molar-refractivity contribution in [2.45, 2.75) is 48.0 Å². The molecule has 2 unspecified atom stereocenters. The largest absolute Gasteiger partial charge is 0.389 e. The van der Waals surface area contributed by atoms with Crippen molar-refractivity contribution in [2.24, 2.45) is 17.8 Å². The third-order valence-corrected chi connectivity index (χ3v) is 11.3. The molecule has 2 bridgehead atoms. The van der Waals surface area contributed by atoms with E-state index in [1.165, 1.54) is 12.1 Å². The highest BCUT2D eigenvalue weighted by atomic mass is 35.5. The molecule has 4 N–H and O–H groups in total. The predicted octanol–water partition coefficient (Wildman–Crippen LogP) is 2.86. The molecule has 2 aromatic rings. The number of hydrogen-bond acceptors (Lipinski definition) is 7. The van der Waals surface area contributed by atoms with E-state index in [0.717, 1.165) is 12.3 Å². The van der Waals surface area contributed by atoms with Crippen LogP contribution in [0.3, 0.4) is 0 Å². The minimum atomic E-state index is -4.19. The van der Waals surface area contributed by atoms with Gasteiger partial charge in [0.05, 0.1) is 33.1 Å². The van der Waals surface area contributed by atoms with Crippen LogP contribution in [0.2, 0.25) is 5.02 Å². The van der Waals surface area contributed by atoms with Crippen molar-refractivity contribution in [3.63, 3.8) is 0 Å². The quantitative estimate of drug-likeness (QED) is 0.330. The average Bonchev–Trinajstić information content (AvgIpc) is 2.98. The van der Waals surface area contributed by atoms with E-state index in [-0.39, 0.29) is 39.9 Å². The normalized spacial score (nSPS) is 27.4. The Balaban J connectivity index is 1.58. The number of rotatable bonds is 8. The molecule has 1 amide bonds. The third kappa shape index (κ3) is 5.74. The lowest BCUT2D eigenvalue weighted by atomic mass is 9.70. The number of aliphatic hydroxyl groups excluding tert-OH is 1. The van der Waals surface area contributed by atoms with Crippen molar-refractivity contribution < 1.29 is 45.0 Å². The first kappa shape index (κ1) is 30.7. The zero-order valence-electron chi connectivity index (χ0n) is 21.4. The Morgan fingerprint density at radius 3 is 2.30 bits per heavy atom. The molecule has 2 aliphatic carbocycles. The van der Waals surface area contributed by atoms with Crippen molar-refractivity contribution in [3.8, 4) is 0 Å². The fourth-order valence-electron chi connectivity index (χ4n) is 6.00. The van der Waals surface area contributed by atoms with Gasteiger partial charge in [-0.1, -0.05) is 18.5 Å². The van der Waals surface area contributed by atoms with E-state index >= 15 is 0 Å². The van der Waals surface area contributed by atoms with Crippen molar-refractivity contribution in [3.05, 3.63) is 58.4 Å². The molecule has 0 aliphatic heterocycles. The van der Waals surface area contributed by atoms with Gasteiger partial charge in [0.2, 0.25) is 10.0 Å². The summed E-state index contributed by atoms with van der Waals surface area (Å²) in [5, 5.41) is 23.2. The van der Waals surface area contributed by atoms with Gasteiger partial charge in [0.15, 0.2) is 27.3 Å². The third-order valence-electron chi connectivity index (χ3n) is 7.91. The lowest BCUT2D eigenvalue weighted by molar-refractivity contribution is -0.142. The van der Waals surface area contributed by atoms with Gasteiger partial charge in [0.1, 0.15) is 0 Å². The summed E-state index contributed by atoms with van der Waals surface area (Å²) in [6.45, 7) is 1.39. The smallest absolute Gasteiger partial charge is 0.255 e. The zero-order chi connectivity index (χ0) is 29.8. The fourth-order valence-corrected chi connectivity index (χ4v) is 8.84. The Morgan fingerprint density at radius 1 is 1.10 bits per heavy atom. The topological polar surface area (TPSA) is 150 Å².